The maximum absolute atomic E-state index is 15.9. The van der Waals surface area contributed by atoms with Gasteiger partial charge in [0.2, 0.25) is 5.91 Å². The van der Waals surface area contributed by atoms with E-state index in [1.54, 1.807) is 11.0 Å². The van der Waals surface area contributed by atoms with Crippen LogP contribution in [0, 0.1) is 5.82 Å². The number of benzene rings is 1. The highest BCUT2D eigenvalue weighted by Crippen LogP contribution is 2.42. The first-order valence-electron chi connectivity index (χ1n) is 13.4. The number of carbonyl (C=O) groups is 1. The number of hydrogen-bond acceptors (Lipinski definition) is 8. The molecule has 2 aliphatic rings. The van der Waals surface area contributed by atoms with E-state index >= 15 is 4.39 Å². The van der Waals surface area contributed by atoms with E-state index in [0.717, 1.165) is 25.2 Å². The van der Waals surface area contributed by atoms with Gasteiger partial charge in [-0.2, -0.15) is 23.1 Å². The Labute approximate surface area is 244 Å². The number of morpholine rings is 1. The van der Waals surface area contributed by atoms with Crippen LogP contribution in [0.5, 0.6) is 6.01 Å². The maximum Gasteiger partial charge on any atom is 0.418 e. The quantitative estimate of drug-likeness (QED) is 0.300. The van der Waals surface area contributed by atoms with E-state index in [1.165, 1.54) is 19.4 Å². The third-order valence-electron chi connectivity index (χ3n) is 7.22. The van der Waals surface area contributed by atoms with Crippen LogP contribution in [0.2, 0.25) is 5.02 Å². The molecule has 42 heavy (non-hydrogen) atoms. The number of pyridine rings is 1. The van der Waals surface area contributed by atoms with Gasteiger partial charge >= 0.3 is 12.2 Å². The molecule has 224 valence electrons. The van der Waals surface area contributed by atoms with E-state index in [9.17, 15) is 18.0 Å². The number of aromatic nitrogens is 3. The summed E-state index contributed by atoms with van der Waals surface area (Å²) in [6.07, 6.45) is 0.00253. The van der Waals surface area contributed by atoms with Crippen molar-refractivity contribution in [1.82, 2.24) is 24.8 Å². The molecule has 1 aromatic carbocycles. The number of ether oxygens (including phenoxy) is 2. The molecule has 14 heteroatoms. The summed E-state index contributed by atoms with van der Waals surface area (Å²) in [5, 5.41) is -0.368. The number of piperazine rings is 1. The van der Waals surface area contributed by atoms with Crippen molar-refractivity contribution in [3.63, 3.8) is 0 Å². The summed E-state index contributed by atoms with van der Waals surface area (Å²) in [5.41, 5.74) is -2.48. The molecule has 9 nitrogen and oxygen atoms in total. The molecule has 0 bridgehead atoms. The summed E-state index contributed by atoms with van der Waals surface area (Å²) in [6.45, 7) is 6.51. The minimum atomic E-state index is -4.83. The number of rotatable bonds is 6. The first-order valence-corrected chi connectivity index (χ1v) is 13.7. The molecule has 5 rings (SSSR count). The van der Waals surface area contributed by atoms with Crippen molar-refractivity contribution in [2.75, 3.05) is 64.4 Å². The van der Waals surface area contributed by atoms with Crippen molar-refractivity contribution in [3.8, 4) is 17.3 Å². The molecule has 0 saturated carbocycles. The average Bonchev–Trinajstić information content (AvgIpc) is 2.96. The lowest BCUT2D eigenvalue weighted by atomic mass is 10.0. The highest BCUT2D eigenvalue weighted by molar-refractivity contribution is 6.31. The predicted molar refractivity (Wildman–Crippen MR) is 149 cm³/mol. The second kappa shape index (κ2) is 12.4. The Morgan fingerprint density at radius 1 is 1.19 bits per heavy atom. The molecule has 2 aliphatic heterocycles. The zero-order chi connectivity index (χ0) is 30.0. The normalized spacial score (nSPS) is 18.7. The Hall–Kier alpha value is -3.55. The Morgan fingerprint density at radius 2 is 1.95 bits per heavy atom. The van der Waals surface area contributed by atoms with Gasteiger partial charge in [-0.3, -0.25) is 14.7 Å². The van der Waals surface area contributed by atoms with Crippen LogP contribution in [0.15, 0.2) is 36.5 Å². The zero-order valence-electron chi connectivity index (χ0n) is 23.0. The molecule has 0 radical (unpaired) electrons. The van der Waals surface area contributed by atoms with Gasteiger partial charge in [-0.15, -0.1) is 0 Å². The van der Waals surface area contributed by atoms with Crippen LogP contribution < -0.4 is 9.64 Å². The van der Waals surface area contributed by atoms with Gasteiger partial charge in [0.1, 0.15) is 17.0 Å². The van der Waals surface area contributed by atoms with E-state index in [2.05, 4.69) is 19.9 Å². The summed E-state index contributed by atoms with van der Waals surface area (Å²) in [7, 11) is 1.31. The fraction of sp³-hybridized carbons (Fsp3) is 0.429. The Bertz CT molecular complexity index is 1500. The number of anilines is 1. The van der Waals surface area contributed by atoms with Gasteiger partial charge in [0.15, 0.2) is 5.82 Å². The minimum Gasteiger partial charge on any atom is -0.467 e. The van der Waals surface area contributed by atoms with E-state index in [4.69, 9.17) is 21.1 Å². The van der Waals surface area contributed by atoms with E-state index in [-0.39, 0.29) is 28.9 Å². The van der Waals surface area contributed by atoms with Crippen LogP contribution >= 0.6 is 11.6 Å². The Balaban J connectivity index is 1.36. The first-order chi connectivity index (χ1) is 20.1. The number of carbonyl (C=O) groups excluding carboxylic acids is 1. The first kappa shape index (κ1) is 29.9. The topological polar surface area (TPSA) is 83.9 Å². The average molecular weight is 609 g/mol. The number of methoxy groups -OCH3 is 1. The van der Waals surface area contributed by atoms with Gasteiger partial charge in [0, 0.05) is 63.6 Å². The Morgan fingerprint density at radius 3 is 2.64 bits per heavy atom. The summed E-state index contributed by atoms with van der Waals surface area (Å²) in [5.74, 6) is -0.864. The van der Waals surface area contributed by atoms with E-state index < -0.39 is 33.8 Å². The lowest BCUT2D eigenvalue weighted by molar-refractivity contribution is -0.137. The molecule has 2 aromatic heterocycles. The molecule has 1 atom stereocenters. The van der Waals surface area contributed by atoms with Crippen molar-refractivity contribution in [1.29, 1.82) is 0 Å². The van der Waals surface area contributed by atoms with E-state index in [1.807, 2.05) is 17.9 Å². The van der Waals surface area contributed by atoms with Crippen LogP contribution in [0.3, 0.4) is 0 Å². The number of halogens is 5. The van der Waals surface area contributed by atoms with Crippen LogP contribution in [0.25, 0.3) is 22.2 Å². The second-order valence-corrected chi connectivity index (χ2v) is 10.4. The molecule has 1 amide bonds. The fourth-order valence-corrected chi connectivity index (χ4v) is 5.44. The predicted octanol–water partition coefficient (Wildman–Crippen LogP) is 4.44. The van der Waals surface area contributed by atoms with Crippen LogP contribution in [0.4, 0.5) is 23.4 Å². The summed E-state index contributed by atoms with van der Waals surface area (Å²) in [6, 6.07) is 3.33. The highest BCUT2D eigenvalue weighted by atomic mass is 35.5. The third-order valence-corrected chi connectivity index (χ3v) is 7.53. The molecule has 2 saturated heterocycles. The van der Waals surface area contributed by atoms with Crippen LogP contribution in [-0.4, -0.2) is 96.3 Å². The molecule has 0 spiro atoms. The lowest BCUT2D eigenvalue weighted by Crippen LogP contribution is -2.48. The largest absolute Gasteiger partial charge is 0.467 e. The molecular weight excluding hydrogens is 580 g/mol. The number of fused-ring (bicyclic) bond motifs is 1. The van der Waals surface area contributed by atoms with Gasteiger partial charge < -0.3 is 19.3 Å². The summed E-state index contributed by atoms with van der Waals surface area (Å²) >= 11 is 5.85. The van der Waals surface area contributed by atoms with Crippen molar-refractivity contribution in [3.05, 3.63) is 53.0 Å². The number of nitrogens with zero attached hydrogens (tertiary/aromatic N) is 6. The minimum absolute atomic E-state index is 0.111. The molecule has 0 aliphatic carbocycles. The van der Waals surface area contributed by atoms with Gasteiger partial charge in [-0.05, 0) is 13.0 Å². The molecule has 4 heterocycles. The van der Waals surface area contributed by atoms with Gasteiger partial charge in [-0.1, -0.05) is 29.8 Å². The number of amides is 1. The molecule has 0 N–H and O–H groups in total. The smallest absolute Gasteiger partial charge is 0.418 e. The second-order valence-electron chi connectivity index (χ2n) is 10.0. The van der Waals surface area contributed by atoms with Gasteiger partial charge in [-0.25, -0.2) is 4.39 Å². The molecule has 1 unspecified atom stereocenters. The Kier molecular flexibility index (Phi) is 8.81. The number of alkyl halides is 3. The highest BCUT2D eigenvalue weighted by Gasteiger charge is 2.37. The molecule has 2 fully saturated rings. The summed E-state index contributed by atoms with van der Waals surface area (Å²) < 4.78 is 68.0. The summed E-state index contributed by atoms with van der Waals surface area (Å²) in [4.78, 5) is 31.1. The lowest BCUT2D eigenvalue weighted by Gasteiger charge is -2.35. The van der Waals surface area contributed by atoms with Crippen LogP contribution in [0.1, 0.15) is 12.5 Å². The monoisotopic (exact) mass is 608 g/mol. The van der Waals surface area contributed by atoms with Crippen molar-refractivity contribution in [2.24, 2.45) is 0 Å². The van der Waals surface area contributed by atoms with E-state index in [0.29, 0.717) is 45.1 Å². The van der Waals surface area contributed by atoms with Gasteiger partial charge in [0.05, 0.1) is 35.8 Å². The molecule has 3 aromatic rings. The van der Waals surface area contributed by atoms with Gasteiger partial charge in [0.25, 0.3) is 0 Å². The standard InChI is InChI=1S/C28H29ClF4N6O3/c1-17-16-37(13-14-42-17)8-4-7-21(40)38-9-11-39(12-10-38)26-19-15-34-24(23(30)25(19)35-27(36-26)41-2)18-5-3-6-20(29)22(18)28(31,32)33/h3-7,15,17H,8-14,16H2,1-2H3/b7-4+. The fourth-order valence-electron chi connectivity index (χ4n) is 5.15. The third kappa shape index (κ3) is 6.27. The van der Waals surface area contributed by atoms with Crippen molar-refractivity contribution in [2.45, 2.75) is 19.2 Å². The SMILES string of the molecule is COc1nc(N2CCN(C(=O)/C=C/CN3CCOC(C)C3)CC2)c2cnc(-c3cccc(Cl)c3C(F)(F)F)c(F)c2n1. The van der Waals surface area contributed by atoms with Crippen molar-refractivity contribution >= 4 is 34.2 Å². The number of hydrogen-bond donors (Lipinski definition) is 0. The maximum atomic E-state index is 15.9. The van der Waals surface area contributed by atoms with Crippen molar-refractivity contribution < 1.29 is 31.8 Å². The van der Waals surface area contributed by atoms with Crippen LogP contribution in [-0.2, 0) is 15.7 Å². The zero-order valence-corrected chi connectivity index (χ0v) is 23.8. The molecular formula is C28H29ClF4N6O3.